The summed E-state index contributed by atoms with van der Waals surface area (Å²) in [6.07, 6.45) is 7.55. The highest BCUT2D eigenvalue weighted by molar-refractivity contribution is 5.94. The minimum Gasteiger partial charge on any atom is -0.421 e. The molecule has 1 N–H and O–H groups in total. The van der Waals surface area contributed by atoms with Crippen molar-refractivity contribution in [1.82, 2.24) is 20.5 Å². The van der Waals surface area contributed by atoms with Gasteiger partial charge in [-0.05, 0) is 61.3 Å². The van der Waals surface area contributed by atoms with Crippen LogP contribution in [-0.2, 0) is 6.42 Å². The van der Waals surface area contributed by atoms with Crippen LogP contribution in [0.1, 0.15) is 43.4 Å². The first-order valence-electron chi connectivity index (χ1n) is 11.3. The van der Waals surface area contributed by atoms with E-state index in [0.29, 0.717) is 47.6 Å². The first-order valence-corrected chi connectivity index (χ1v) is 11.3. The largest absolute Gasteiger partial charge is 0.421 e. The fourth-order valence-corrected chi connectivity index (χ4v) is 4.57. The van der Waals surface area contributed by atoms with Gasteiger partial charge in [0.1, 0.15) is 0 Å². The van der Waals surface area contributed by atoms with E-state index in [1.54, 1.807) is 12.4 Å². The van der Waals surface area contributed by atoms with Gasteiger partial charge in [-0.25, -0.2) is 0 Å². The van der Waals surface area contributed by atoms with Crippen LogP contribution in [-0.4, -0.2) is 27.6 Å². The summed E-state index contributed by atoms with van der Waals surface area (Å²) in [5.74, 6) is 2.83. The first-order chi connectivity index (χ1) is 15.5. The molecule has 0 saturated heterocycles. The van der Waals surface area contributed by atoms with Gasteiger partial charge in [-0.2, -0.15) is 0 Å². The number of nitrogens with zero attached hydrogens (tertiary/aromatic N) is 3. The minimum absolute atomic E-state index is 0.0178. The molecule has 0 bridgehead atoms. The molecule has 2 aromatic heterocycles. The average molecular weight is 431 g/mol. The fraction of sp³-hybridized carbons (Fsp3) is 0.385. The molecule has 6 heteroatoms. The van der Waals surface area contributed by atoms with Crippen LogP contribution in [0.3, 0.4) is 0 Å². The summed E-state index contributed by atoms with van der Waals surface area (Å²) in [6.45, 7) is 7.34. The third-order valence-electron chi connectivity index (χ3n) is 6.43. The monoisotopic (exact) mass is 430 g/mol. The molecule has 0 saturated carbocycles. The quantitative estimate of drug-likeness (QED) is 0.536. The van der Waals surface area contributed by atoms with Gasteiger partial charge in [-0.15, -0.1) is 10.2 Å². The number of hydrogen-bond acceptors (Lipinski definition) is 5. The Morgan fingerprint density at radius 1 is 1.12 bits per heavy atom. The molecule has 4 rings (SSSR count). The predicted octanol–water partition coefficient (Wildman–Crippen LogP) is 4.96. The maximum absolute atomic E-state index is 12.5. The van der Waals surface area contributed by atoms with Crippen LogP contribution in [0, 0.1) is 23.7 Å². The summed E-state index contributed by atoms with van der Waals surface area (Å²) in [7, 11) is 0. The smallest absolute Gasteiger partial charge is 0.251 e. The number of aromatic nitrogens is 3. The van der Waals surface area contributed by atoms with Crippen LogP contribution in [0.25, 0.3) is 11.5 Å². The molecular weight excluding hydrogens is 400 g/mol. The second-order valence-corrected chi connectivity index (χ2v) is 8.93. The number of benzene rings is 1. The van der Waals surface area contributed by atoms with E-state index in [1.807, 2.05) is 42.5 Å². The zero-order valence-corrected chi connectivity index (χ0v) is 18.9. The molecule has 1 amide bonds. The number of hydrogen-bond donors (Lipinski definition) is 1. The Labute approximate surface area is 189 Å². The number of carbonyl (C=O) groups is 1. The fourth-order valence-electron chi connectivity index (χ4n) is 4.57. The van der Waals surface area contributed by atoms with Gasteiger partial charge in [-0.3, -0.25) is 9.78 Å². The Balaban J connectivity index is 1.43. The standard InChI is InChI=1S/C26H30N4O2/c1-17(2)23-14-21(15-24-29-30-26(32-24)20-9-11-27-12-10-20)18(3)13-22(23)16-28-25(31)19-7-5-4-6-8-19/h4-13,17,21-23H,14-16H2,1-3H3,(H,28,31). The zero-order chi connectivity index (χ0) is 22.5. The van der Waals surface area contributed by atoms with Crippen LogP contribution in [0.4, 0.5) is 0 Å². The van der Waals surface area contributed by atoms with Crippen LogP contribution in [0.15, 0.2) is 70.9 Å². The molecule has 3 aromatic rings. The molecule has 32 heavy (non-hydrogen) atoms. The Morgan fingerprint density at radius 2 is 1.88 bits per heavy atom. The van der Waals surface area contributed by atoms with Crippen molar-refractivity contribution in [3.05, 3.63) is 78.0 Å². The summed E-state index contributed by atoms with van der Waals surface area (Å²) in [5.41, 5.74) is 2.90. The normalized spacial score (nSPS) is 20.8. The highest BCUT2D eigenvalue weighted by atomic mass is 16.4. The molecule has 0 fully saturated rings. The van der Waals surface area contributed by atoms with Crippen molar-refractivity contribution in [2.24, 2.45) is 23.7 Å². The van der Waals surface area contributed by atoms with Crippen molar-refractivity contribution in [1.29, 1.82) is 0 Å². The van der Waals surface area contributed by atoms with Crippen LogP contribution < -0.4 is 5.32 Å². The lowest BCUT2D eigenvalue weighted by Gasteiger charge is -2.37. The van der Waals surface area contributed by atoms with Crippen LogP contribution in [0.5, 0.6) is 0 Å². The molecule has 166 valence electrons. The number of allylic oxidation sites excluding steroid dienone is 1. The maximum Gasteiger partial charge on any atom is 0.251 e. The summed E-state index contributed by atoms with van der Waals surface area (Å²) < 4.78 is 5.94. The van der Waals surface area contributed by atoms with Crippen molar-refractivity contribution in [3.63, 3.8) is 0 Å². The Bertz CT molecular complexity index is 1060. The molecule has 1 aromatic carbocycles. The number of rotatable bonds is 7. The van der Waals surface area contributed by atoms with E-state index in [0.717, 1.165) is 18.4 Å². The van der Waals surface area contributed by atoms with Gasteiger partial charge < -0.3 is 9.73 Å². The van der Waals surface area contributed by atoms with Crippen molar-refractivity contribution in [2.75, 3.05) is 6.54 Å². The van der Waals surface area contributed by atoms with Gasteiger partial charge in [0.2, 0.25) is 11.8 Å². The first kappa shape index (κ1) is 21.9. The predicted molar refractivity (Wildman–Crippen MR) is 124 cm³/mol. The number of pyridine rings is 1. The molecule has 0 spiro atoms. The molecule has 3 unspecified atom stereocenters. The van der Waals surface area contributed by atoms with Gasteiger partial charge in [0.25, 0.3) is 5.91 Å². The van der Waals surface area contributed by atoms with Crippen molar-refractivity contribution in [2.45, 2.75) is 33.6 Å². The van der Waals surface area contributed by atoms with Crippen molar-refractivity contribution in [3.8, 4) is 11.5 Å². The Kier molecular flexibility index (Phi) is 6.78. The van der Waals surface area contributed by atoms with Gasteiger partial charge in [0.15, 0.2) is 0 Å². The highest BCUT2D eigenvalue weighted by Gasteiger charge is 2.32. The van der Waals surface area contributed by atoms with Crippen LogP contribution in [0.2, 0.25) is 0 Å². The maximum atomic E-state index is 12.5. The van der Waals surface area contributed by atoms with E-state index >= 15 is 0 Å². The zero-order valence-electron chi connectivity index (χ0n) is 18.9. The number of nitrogens with one attached hydrogen (secondary N) is 1. The molecule has 2 heterocycles. The second kappa shape index (κ2) is 9.90. The molecule has 1 aliphatic rings. The van der Waals surface area contributed by atoms with Gasteiger partial charge >= 0.3 is 0 Å². The van der Waals surface area contributed by atoms with E-state index in [-0.39, 0.29) is 5.91 Å². The average Bonchev–Trinajstić information content (AvgIpc) is 3.28. The lowest BCUT2D eigenvalue weighted by molar-refractivity contribution is 0.0939. The summed E-state index contributed by atoms with van der Waals surface area (Å²) in [6, 6.07) is 13.1. The molecule has 6 nitrogen and oxygen atoms in total. The van der Waals surface area contributed by atoms with Gasteiger partial charge in [-0.1, -0.05) is 43.7 Å². The summed E-state index contributed by atoms with van der Waals surface area (Å²) in [4.78, 5) is 16.5. The molecule has 0 radical (unpaired) electrons. The summed E-state index contributed by atoms with van der Waals surface area (Å²) >= 11 is 0. The van der Waals surface area contributed by atoms with Gasteiger partial charge in [0.05, 0.1) is 0 Å². The third kappa shape index (κ3) is 5.13. The minimum atomic E-state index is -0.0178. The topological polar surface area (TPSA) is 80.9 Å². The Hall–Kier alpha value is -3.28. The van der Waals surface area contributed by atoms with E-state index in [9.17, 15) is 4.79 Å². The molecule has 0 aliphatic heterocycles. The van der Waals surface area contributed by atoms with Gasteiger partial charge in [0, 0.05) is 36.5 Å². The highest BCUT2D eigenvalue weighted by Crippen LogP contribution is 2.38. The van der Waals surface area contributed by atoms with E-state index in [2.05, 4.69) is 47.3 Å². The number of carbonyl (C=O) groups excluding carboxylic acids is 1. The molecular formula is C26H30N4O2. The van der Waals surface area contributed by atoms with Crippen molar-refractivity contribution >= 4 is 5.91 Å². The summed E-state index contributed by atoms with van der Waals surface area (Å²) in [5, 5.41) is 11.6. The van der Waals surface area contributed by atoms with E-state index < -0.39 is 0 Å². The second-order valence-electron chi connectivity index (χ2n) is 8.93. The van der Waals surface area contributed by atoms with E-state index in [4.69, 9.17) is 4.42 Å². The molecule has 1 aliphatic carbocycles. The lowest BCUT2D eigenvalue weighted by atomic mass is 9.70. The van der Waals surface area contributed by atoms with E-state index in [1.165, 1.54) is 5.57 Å². The lowest BCUT2D eigenvalue weighted by Crippen LogP contribution is -2.37. The van der Waals surface area contributed by atoms with Crippen LogP contribution >= 0.6 is 0 Å². The Morgan fingerprint density at radius 3 is 2.59 bits per heavy atom. The number of amides is 1. The molecule has 3 atom stereocenters. The van der Waals surface area contributed by atoms with Crippen molar-refractivity contribution < 1.29 is 9.21 Å². The third-order valence-corrected chi connectivity index (χ3v) is 6.43. The SMILES string of the molecule is CC1=CC(CNC(=O)c2ccccc2)C(C(C)C)CC1Cc1nnc(-c2ccncc2)o1.